The molecule has 4 heterocycles. The molecule has 134 valence electrons. The van der Waals surface area contributed by atoms with Gasteiger partial charge in [-0.1, -0.05) is 6.92 Å². The number of nitrogens with zero attached hydrogens (tertiary/aromatic N) is 5. The molecule has 2 aromatic heterocycles. The van der Waals surface area contributed by atoms with Crippen molar-refractivity contribution in [2.45, 2.75) is 52.6 Å². The second-order valence-electron chi connectivity index (χ2n) is 7.45. The van der Waals surface area contributed by atoms with Gasteiger partial charge in [-0.2, -0.15) is 0 Å². The van der Waals surface area contributed by atoms with Gasteiger partial charge in [0.2, 0.25) is 0 Å². The minimum atomic E-state index is 0.621. The third kappa shape index (κ3) is 3.06. The van der Waals surface area contributed by atoms with Crippen LogP contribution in [0.5, 0.6) is 0 Å². The minimum absolute atomic E-state index is 0.621. The molecule has 0 aromatic carbocycles. The molecule has 2 aliphatic heterocycles. The molecule has 0 atom stereocenters. The zero-order chi connectivity index (χ0) is 17.4. The molecule has 5 nitrogen and oxygen atoms in total. The molecule has 0 radical (unpaired) electrons. The summed E-state index contributed by atoms with van der Waals surface area (Å²) in [5.41, 5.74) is 5.39. The lowest BCUT2D eigenvalue weighted by molar-refractivity contribution is 0.265. The van der Waals surface area contributed by atoms with Crippen molar-refractivity contribution in [3.8, 4) is 0 Å². The molecule has 0 aliphatic carbocycles. The number of aryl methyl sites for hydroxylation is 2. The molecule has 0 N–H and O–H groups in total. The van der Waals surface area contributed by atoms with Crippen LogP contribution in [0.4, 0.5) is 5.82 Å². The number of rotatable bonds is 3. The van der Waals surface area contributed by atoms with Gasteiger partial charge < -0.3 is 9.47 Å². The van der Waals surface area contributed by atoms with E-state index < -0.39 is 0 Å². The quantitative estimate of drug-likeness (QED) is 0.861. The maximum atomic E-state index is 4.69. The summed E-state index contributed by atoms with van der Waals surface area (Å²) in [6, 6.07) is 5.10. The Hall–Kier alpha value is -1.88. The molecule has 25 heavy (non-hydrogen) atoms. The van der Waals surface area contributed by atoms with Crippen LogP contribution in [0.2, 0.25) is 0 Å². The highest BCUT2D eigenvalue weighted by Gasteiger charge is 2.27. The van der Waals surface area contributed by atoms with Crippen molar-refractivity contribution in [1.29, 1.82) is 0 Å². The summed E-state index contributed by atoms with van der Waals surface area (Å²) in [4.78, 5) is 14.2. The van der Waals surface area contributed by atoms with Crippen molar-refractivity contribution in [2.75, 3.05) is 31.1 Å². The fraction of sp³-hybridized carbons (Fsp3) is 0.600. The Balaban J connectivity index is 1.52. The van der Waals surface area contributed by atoms with Gasteiger partial charge in [0.25, 0.3) is 0 Å². The Morgan fingerprint density at radius 1 is 1.04 bits per heavy atom. The predicted molar refractivity (Wildman–Crippen MR) is 101 cm³/mol. The van der Waals surface area contributed by atoms with E-state index in [0.717, 1.165) is 39.1 Å². The minimum Gasteiger partial charge on any atom is -0.356 e. The molecule has 2 aromatic rings. The summed E-state index contributed by atoms with van der Waals surface area (Å²) >= 11 is 0. The number of hydrogen-bond acceptors (Lipinski definition) is 4. The monoisotopic (exact) mass is 339 g/mol. The third-order valence-electron chi connectivity index (χ3n) is 5.96. The second kappa shape index (κ2) is 6.79. The number of likely N-dealkylation sites (N-methyl/N-ethyl adjacent to an activating group) is 1. The van der Waals surface area contributed by atoms with Crippen molar-refractivity contribution in [3.63, 3.8) is 0 Å². The molecule has 0 amide bonds. The highest BCUT2D eigenvalue weighted by Crippen LogP contribution is 2.31. The Morgan fingerprint density at radius 3 is 2.44 bits per heavy atom. The summed E-state index contributed by atoms with van der Waals surface area (Å²) in [6.07, 6.45) is 5.19. The van der Waals surface area contributed by atoms with Gasteiger partial charge in [-0.25, -0.2) is 9.97 Å². The fourth-order valence-corrected chi connectivity index (χ4v) is 4.52. The lowest BCUT2D eigenvalue weighted by Crippen LogP contribution is -2.38. The van der Waals surface area contributed by atoms with Gasteiger partial charge in [-0.15, -0.1) is 0 Å². The van der Waals surface area contributed by atoms with E-state index in [4.69, 9.17) is 0 Å². The van der Waals surface area contributed by atoms with E-state index in [1.54, 1.807) is 6.33 Å². The van der Waals surface area contributed by atoms with Gasteiger partial charge in [0.15, 0.2) is 0 Å². The molecule has 0 spiro atoms. The van der Waals surface area contributed by atoms with Gasteiger partial charge >= 0.3 is 0 Å². The van der Waals surface area contributed by atoms with Crippen molar-refractivity contribution in [1.82, 2.24) is 19.4 Å². The van der Waals surface area contributed by atoms with Crippen LogP contribution < -0.4 is 4.90 Å². The molecule has 0 bridgehead atoms. The topological polar surface area (TPSA) is 37.2 Å². The molecule has 1 saturated heterocycles. The molecular weight excluding hydrogens is 310 g/mol. The molecule has 4 rings (SSSR count). The highest BCUT2D eigenvalue weighted by atomic mass is 15.2. The van der Waals surface area contributed by atoms with Crippen molar-refractivity contribution in [3.05, 3.63) is 41.1 Å². The van der Waals surface area contributed by atoms with Gasteiger partial charge in [0.05, 0.1) is 5.69 Å². The van der Waals surface area contributed by atoms with Crippen molar-refractivity contribution >= 4 is 5.82 Å². The maximum Gasteiger partial charge on any atom is 0.136 e. The van der Waals surface area contributed by atoms with Crippen molar-refractivity contribution < 1.29 is 0 Å². The SMILES string of the molecule is CCN1CCc2ncnc(N3CCC(n4c(C)ccc4C)CC3)c2C1. The summed E-state index contributed by atoms with van der Waals surface area (Å²) in [6.45, 7) is 12.1. The zero-order valence-corrected chi connectivity index (χ0v) is 15.7. The van der Waals surface area contributed by atoms with E-state index in [2.05, 4.69) is 57.2 Å². The van der Waals surface area contributed by atoms with Crippen LogP contribution in [0, 0.1) is 13.8 Å². The number of aromatic nitrogens is 3. The lowest BCUT2D eigenvalue weighted by atomic mass is 10.0. The Morgan fingerprint density at radius 2 is 1.76 bits per heavy atom. The number of fused-ring (bicyclic) bond motifs is 1. The van der Waals surface area contributed by atoms with E-state index >= 15 is 0 Å². The first-order valence-corrected chi connectivity index (χ1v) is 9.62. The number of anilines is 1. The fourth-order valence-electron chi connectivity index (χ4n) is 4.52. The highest BCUT2D eigenvalue weighted by molar-refractivity contribution is 5.50. The van der Waals surface area contributed by atoms with Crippen LogP contribution >= 0.6 is 0 Å². The van der Waals surface area contributed by atoms with Crippen LogP contribution in [0.1, 0.15) is 48.5 Å². The summed E-state index contributed by atoms with van der Waals surface area (Å²) in [5.74, 6) is 1.18. The van der Waals surface area contributed by atoms with Crippen molar-refractivity contribution in [2.24, 2.45) is 0 Å². The average Bonchev–Trinajstić information content (AvgIpc) is 2.99. The second-order valence-corrected chi connectivity index (χ2v) is 7.45. The van der Waals surface area contributed by atoms with Crippen LogP contribution in [-0.2, 0) is 13.0 Å². The number of piperidine rings is 1. The van der Waals surface area contributed by atoms with E-state index in [1.807, 2.05) is 0 Å². The average molecular weight is 339 g/mol. The third-order valence-corrected chi connectivity index (χ3v) is 5.96. The van der Waals surface area contributed by atoms with Gasteiger partial charge in [-0.05, 0) is 45.4 Å². The first-order chi connectivity index (χ1) is 12.2. The Bertz CT molecular complexity index is 723. The Labute approximate surface area is 150 Å². The molecular formula is C20H29N5. The van der Waals surface area contributed by atoms with Crippen LogP contribution in [0.15, 0.2) is 18.5 Å². The van der Waals surface area contributed by atoms with Crippen LogP contribution in [0.25, 0.3) is 0 Å². The predicted octanol–water partition coefficient (Wildman–Crippen LogP) is 3.11. The Kier molecular flexibility index (Phi) is 4.50. The summed E-state index contributed by atoms with van der Waals surface area (Å²) < 4.78 is 2.52. The smallest absolute Gasteiger partial charge is 0.136 e. The van der Waals surface area contributed by atoms with Gasteiger partial charge in [-0.3, -0.25) is 4.90 Å². The molecule has 5 heteroatoms. The first-order valence-electron chi connectivity index (χ1n) is 9.62. The zero-order valence-electron chi connectivity index (χ0n) is 15.7. The van der Waals surface area contributed by atoms with Crippen LogP contribution in [0.3, 0.4) is 0 Å². The molecule has 2 aliphatic rings. The molecule has 0 unspecified atom stereocenters. The van der Waals surface area contributed by atoms with Gasteiger partial charge in [0, 0.05) is 55.6 Å². The van der Waals surface area contributed by atoms with E-state index in [9.17, 15) is 0 Å². The summed E-state index contributed by atoms with van der Waals surface area (Å²) in [5, 5.41) is 0. The lowest BCUT2D eigenvalue weighted by Gasteiger charge is -2.37. The van der Waals surface area contributed by atoms with E-state index in [1.165, 1.54) is 41.3 Å². The first kappa shape index (κ1) is 16.6. The van der Waals surface area contributed by atoms with Crippen LogP contribution in [-0.4, -0.2) is 45.6 Å². The molecule has 0 saturated carbocycles. The van der Waals surface area contributed by atoms with E-state index in [-0.39, 0.29) is 0 Å². The standard InChI is InChI=1S/C20H29N5/c1-4-23-10-9-19-18(13-23)20(22-14-21-19)24-11-7-17(8-12-24)25-15(2)5-6-16(25)3/h5-6,14,17H,4,7-13H2,1-3H3. The normalized spacial score (nSPS) is 19.2. The largest absolute Gasteiger partial charge is 0.356 e. The van der Waals surface area contributed by atoms with E-state index in [0.29, 0.717) is 6.04 Å². The van der Waals surface area contributed by atoms with Gasteiger partial charge in [0.1, 0.15) is 12.1 Å². The summed E-state index contributed by atoms with van der Waals surface area (Å²) in [7, 11) is 0. The molecule has 1 fully saturated rings. The number of hydrogen-bond donors (Lipinski definition) is 0. The maximum absolute atomic E-state index is 4.69.